The van der Waals surface area contributed by atoms with Crippen LogP contribution in [0.4, 0.5) is 4.39 Å². The molecule has 0 spiro atoms. The average molecular weight is 247 g/mol. The molecule has 1 heterocycles. The lowest BCUT2D eigenvalue weighted by atomic mass is 10.1. The van der Waals surface area contributed by atoms with E-state index in [2.05, 4.69) is 0 Å². The molecule has 0 aliphatic heterocycles. The lowest BCUT2D eigenvalue weighted by molar-refractivity contribution is 0.0683. The van der Waals surface area contributed by atoms with Crippen molar-refractivity contribution in [2.75, 3.05) is 0 Å². The van der Waals surface area contributed by atoms with Gasteiger partial charge in [-0.2, -0.15) is 0 Å². The lowest BCUT2D eigenvalue weighted by Gasteiger charge is -2.09. The summed E-state index contributed by atoms with van der Waals surface area (Å²) in [7, 11) is 0. The van der Waals surface area contributed by atoms with E-state index in [1.54, 1.807) is 29.0 Å². The first-order valence-corrected chi connectivity index (χ1v) is 5.70. The summed E-state index contributed by atoms with van der Waals surface area (Å²) in [6.45, 7) is 3.77. The van der Waals surface area contributed by atoms with Gasteiger partial charge in [-0.25, -0.2) is 9.18 Å². The molecule has 0 radical (unpaired) electrons. The van der Waals surface area contributed by atoms with E-state index in [0.717, 1.165) is 0 Å². The van der Waals surface area contributed by atoms with Crippen LogP contribution in [0.3, 0.4) is 0 Å². The maximum absolute atomic E-state index is 13.7. The van der Waals surface area contributed by atoms with Crippen LogP contribution in [0.15, 0.2) is 36.5 Å². The fourth-order valence-electron chi connectivity index (χ4n) is 1.92. The third-order valence-electron chi connectivity index (χ3n) is 2.81. The van der Waals surface area contributed by atoms with E-state index in [1.807, 2.05) is 13.8 Å². The Morgan fingerprint density at radius 3 is 2.50 bits per heavy atom. The number of carboxylic acids is 1. The molecule has 2 rings (SSSR count). The maximum Gasteiger partial charge on any atom is 0.352 e. The molecule has 0 bridgehead atoms. The SMILES string of the molecule is CC(C)n1cc(-c2ccccc2F)cc1C(=O)O. The van der Waals surface area contributed by atoms with Gasteiger partial charge in [-0.15, -0.1) is 0 Å². The van der Waals surface area contributed by atoms with Gasteiger partial charge >= 0.3 is 5.97 Å². The van der Waals surface area contributed by atoms with Crippen molar-refractivity contribution in [3.8, 4) is 11.1 Å². The number of aromatic carboxylic acids is 1. The van der Waals surface area contributed by atoms with Crippen LogP contribution in [0.5, 0.6) is 0 Å². The number of nitrogens with zero attached hydrogens (tertiary/aromatic N) is 1. The largest absolute Gasteiger partial charge is 0.477 e. The highest BCUT2D eigenvalue weighted by molar-refractivity contribution is 5.88. The van der Waals surface area contributed by atoms with Crippen LogP contribution >= 0.6 is 0 Å². The Labute approximate surface area is 104 Å². The van der Waals surface area contributed by atoms with Crippen molar-refractivity contribution >= 4 is 5.97 Å². The van der Waals surface area contributed by atoms with Crippen molar-refractivity contribution in [1.29, 1.82) is 0 Å². The van der Waals surface area contributed by atoms with Gasteiger partial charge in [0.2, 0.25) is 0 Å². The third kappa shape index (κ3) is 2.14. The molecular weight excluding hydrogens is 233 g/mol. The van der Waals surface area contributed by atoms with E-state index < -0.39 is 5.97 Å². The molecule has 1 N–H and O–H groups in total. The Morgan fingerprint density at radius 1 is 1.33 bits per heavy atom. The van der Waals surface area contributed by atoms with Crippen LogP contribution in [-0.2, 0) is 0 Å². The van der Waals surface area contributed by atoms with E-state index in [-0.39, 0.29) is 17.6 Å². The summed E-state index contributed by atoms with van der Waals surface area (Å²) in [5.41, 5.74) is 1.17. The van der Waals surface area contributed by atoms with E-state index in [4.69, 9.17) is 5.11 Å². The molecule has 0 saturated heterocycles. The Morgan fingerprint density at radius 2 is 2.00 bits per heavy atom. The molecule has 0 aliphatic rings. The molecule has 0 amide bonds. The average Bonchev–Trinajstić information content (AvgIpc) is 2.74. The molecule has 0 aliphatic carbocycles. The van der Waals surface area contributed by atoms with E-state index in [0.29, 0.717) is 11.1 Å². The van der Waals surface area contributed by atoms with Gasteiger partial charge in [0.15, 0.2) is 0 Å². The van der Waals surface area contributed by atoms with Crippen molar-refractivity contribution in [2.45, 2.75) is 19.9 Å². The number of hydrogen-bond acceptors (Lipinski definition) is 1. The molecule has 0 unspecified atom stereocenters. The van der Waals surface area contributed by atoms with Gasteiger partial charge in [0.1, 0.15) is 11.5 Å². The van der Waals surface area contributed by atoms with E-state index in [9.17, 15) is 9.18 Å². The second kappa shape index (κ2) is 4.64. The zero-order valence-corrected chi connectivity index (χ0v) is 10.2. The predicted molar refractivity (Wildman–Crippen MR) is 67.2 cm³/mol. The minimum absolute atomic E-state index is 0.0108. The van der Waals surface area contributed by atoms with Gasteiger partial charge < -0.3 is 9.67 Å². The lowest BCUT2D eigenvalue weighted by Crippen LogP contribution is -2.09. The zero-order valence-electron chi connectivity index (χ0n) is 10.2. The zero-order chi connectivity index (χ0) is 13.3. The molecule has 1 aromatic carbocycles. The molecule has 4 heteroatoms. The van der Waals surface area contributed by atoms with Crippen LogP contribution in [0, 0.1) is 5.82 Å². The normalized spacial score (nSPS) is 10.9. The minimum Gasteiger partial charge on any atom is -0.477 e. The molecule has 0 atom stereocenters. The van der Waals surface area contributed by atoms with Gasteiger partial charge in [-0.05, 0) is 26.0 Å². The van der Waals surface area contributed by atoms with Crippen molar-refractivity contribution in [2.24, 2.45) is 0 Å². The van der Waals surface area contributed by atoms with E-state index in [1.165, 1.54) is 12.1 Å². The first-order chi connectivity index (χ1) is 8.50. The highest BCUT2D eigenvalue weighted by Gasteiger charge is 2.16. The van der Waals surface area contributed by atoms with Gasteiger partial charge in [-0.3, -0.25) is 0 Å². The molecular formula is C14H14FNO2. The van der Waals surface area contributed by atoms with Crippen molar-refractivity contribution in [1.82, 2.24) is 4.57 Å². The quantitative estimate of drug-likeness (QED) is 0.900. The molecule has 0 saturated carbocycles. The molecule has 3 nitrogen and oxygen atoms in total. The Bertz CT molecular complexity index is 587. The summed E-state index contributed by atoms with van der Waals surface area (Å²) in [5.74, 6) is -1.36. The first-order valence-electron chi connectivity index (χ1n) is 5.70. The molecule has 0 fully saturated rings. The van der Waals surface area contributed by atoms with Crippen molar-refractivity contribution in [3.05, 3.63) is 48.0 Å². The van der Waals surface area contributed by atoms with Crippen molar-refractivity contribution in [3.63, 3.8) is 0 Å². The second-order valence-electron chi connectivity index (χ2n) is 4.40. The van der Waals surface area contributed by atoms with Crippen LogP contribution in [-0.4, -0.2) is 15.6 Å². The molecule has 94 valence electrons. The van der Waals surface area contributed by atoms with Crippen molar-refractivity contribution < 1.29 is 14.3 Å². The van der Waals surface area contributed by atoms with Crippen LogP contribution in [0.2, 0.25) is 0 Å². The molecule has 1 aromatic heterocycles. The summed E-state index contributed by atoms with van der Waals surface area (Å²) in [6, 6.07) is 7.85. The third-order valence-corrected chi connectivity index (χ3v) is 2.81. The summed E-state index contributed by atoms with van der Waals surface area (Å²) in [4.78, 5) is 11.1. The highest BCUT2D eigenvalue weighted by Crippen LogP contribution is 2.26. The minimum atomic E-state index is -1.01. The number of benzene rings is 1. The smallest absolute Gasteiger partial charge is 0.352 e. The number of carbonyl (C=O) groups is 1. The predicted octanol–water partition coefficient (Wildman–Crippen LogP) is 3.57. The van der Waals surface area contributed by atoms with Gasteiger partial charge in [-0.1, -0.05) is 18.2 Å². The van der Waals surface area contributed by atoms with Gasteiger partial charge in [0.05, 0.1) is 0 Å². The highest BCUT2D eigenvalue weighted by atomic mass is 19.1. The fraction of sp³-hybridized carbons (Fsp3) is 0.214. The number of hydrogen-bond donors (Lipinski definition) is 1. The maximum atomic E-state index is 13.7. The second-order valence-corrected chi connectivity index (χ2v) is 4.40. The molecule has 2 aromatic rings. The Hall–Kier alpha value is -2.10. The summed E-state index contributed by atoms with van der Waals surface area (Å²) >= 11 is 0. The summed E-state index contributed by atoms with van der Waals surface area (Å²) in [5, 5.41) is 9.13. The van der Waals surface area contributed by atoms with Gasteiger partial charge in [0, 0.05) is 23.4 Å². The Balaban J connectivity index is 2.57. The van der Waals surface area contributed by atoms with Crippen LogP contribution in [0.25, 0.3) is 11.1 Å². The van der Waals surface area contributed by atoms with Crippen LogP contribution < -0.4 is 0 Å². The fourth-order valence-corrected chi connectivity index (χ4v) is 1.92. The number of carboxylic acid groups (broad SMARTS) is 1. The summed E-state index contributed by atoms with van der Waals surface area (Å²) < 4.78 is 15.3. The molecule has 18 heavy (non-hydrogen) atoms. The standard InChI is InChI=1S/C14H14FNO2/c1-9(2)16-8-10(7-13(16)14(17)18)11-5-3-4-6-12(11)15/h3-9H,1-2H3,(H,17,18). The van der Waals surface area contributed by atoms with Gasteiger partial charge in [0.25, 0.3) is 0 Å². The topological polar surface area (TPSA) is 42.2 Å². The van der Waals surface area contributed by atoms with Crippen LogP contribution in [0.1, 0.15) is 30.4 Å². The van der Waals surface area contributed by atoms with E-state index >= 15 is 0 Å². The number of aromatic nitrogens is 1. The Kier molecular flexibility index (Phi) is 3.19. The first kappa shape index (κ1) is 12.4. The summed E-state index contributed by atoms with van der Waals surface area (Å²) in [6.07, 6.45) is 1.67. The number of halogens is 1. The monoisotopic (exact) mass is 247 g/mol. The number of rotatable bonds is 3.